The van der Waals surface area contributed by atoms with Crippen LogP contribution in [0.15, 0.2) is 12.7 Å². The highest BCUT2D eigenvalue weighted by atomic mass is 35.5. The summed E-state index contributed by atoms with van der Waals surface area (Å²) in [5.41, 5.74) is 0. The molecule has 1 saturated heterocycles. The third kappa shape index (κ3) is 10.9. The van der Waals surface area contributed by atoms with Crippen LogP contribution in [0.3, 0.4) is 0 Å². The van der Waals surface area contributed by atoms with Crippen molar-refractivity contribution in [2.75, 3.05) is 39.3 Å². The van der Waals surface area contributed by atoms with Gasteiger partial charge in [-0.25, -0.2) is 0 Å². The molecule has 3 nitrogen and oxygen atoms in total. The Labute approximate surface area is 137 Å². The Morgan fingerprint density at radius 2 is 1.79 bits per heavy atom. The van der Waals surface area contributed by atoms with Crippen LogP contribution in [0.5, 0.6) is 0 Å². The quantitative estimate of drug-likeness (QED) is 0.700. The molecule has 19 heavy (non-hydrogen) atoms. The van der Waals surface area contributed by atoms with Gasteiger partial charge in [0.05, 0.1) is 0 Å². The zero-order chi connectivity index (χ0) is 11.8. The predicted molar refractivity (Wildman–Crippen MR) is 92.5 cm³/mol. The molecule has 0 amide bonds. The molecule has 0 aliphatic carbocycles. The number of rotatable bonds is 7. The molecular formula is C13H30Cl3N3. The van der Waals surface area contributed by atoms with Crippen LogP contribution in [0.2, 0.25) is 0 Å². The Hall–Kier alpha value is 0.490. The van der Waals surface area contributed by atoms with Gasteiger partial charge in [-0.05, 0) is 12.3 Å². The van der Waals surface area contributed by atoms with Crippen molar-refractivity contribution in [2.45, 2.75) is 26.3 Å². The van der Waals surface area contributed by atoms with Crippen LogP contribution in [0, 0.1) is 5.92 Å². The van der Waals surface area contributed by atoms with Crippen molar-refractivity contribution in [3.8, 4) is 0 Å². The second-order valence-electron chi connectivity index (χ2n) is 4.92. The van der Waals surface area contributed by atoms with Gasteiger partial charge in [0, 0.05) is 45.3 Å². The van der Waals surface area contributed by atoms with E-state index in [1.165, 1.54) is 19.6 Å². The van der Waals surface area contributed by atoms with Crippen LogP contribution in [-0.2, 0) is 0 Å². The van der Waals surface area contributed by atoms with Crippen LogP contribution >= 0.6 is 37.2 Å². The van der Waals surface area contributed by atoms with Gasteiger partial charge in [0.15, 0.2) is 0 Å². The SMILES string of the molecule is C=CCC(NCCN1CCNCC1)C(C)C.Cl.Cl.Cl. The van der Waals surface area contributed by atoms with E-state index < -0.39 is 0 Å². The maximum atomic E-state index is 3.82. The zero-order valence-electron chi connectivity index (χ0n) is 12.1. The number of piperazine rings is 1. The number of halogens is 3. The fourth-order valence-corrected chi connectivity index (χ4v) is 2.11. The molecule has 1 unspecified atom stereocenters. The molecule has 0 spiro atoms. The largest absolute Gasteiger partial charge is 0.314 e. The first kappa shape index (κ1) is 24.5. The molecule has 1 heterocycles. The molecule has 0 bridgehead atoms. The van der Waals surface area contributed by atoms with E-state index in [1.807, 2.05) is 6.08 Å². The molecule has 1 aliphatic heterocycles. The molecule has 0 aromatic rings. The third-order valence-electron chi connectivity index (χ3n) is 3.27. The highest BCUT2D eigenvalue weighted by Crippen LogP contribution is 2.06. The van der Waals surface area contributed by atoms with Gasteiger partial charge in [-0.3, -0.25) is 4.90 Å². The van der Waals surface area contributed by atoms with Crippen LogP contribution in [-0.4, -0.2) is 50.2 Å². The van der Waals surface area contributed by atoms with E-state index in [-0.39, 0.29) is 37.2 Å². The monoisotopic (exact) mass is 333 g/mol. The number of nitrogens with one attached hydrogen (secondary N) is 2. The van der Waals surface area contributed by atoms with Crippen molar-refractivity contribution >= 4 is 37.2 Å². The molecule has 2 N–H and O–H groups in total. The van der Waals surface area contributed by atoms with E-state index in [0.717, 1.165) is 26.1 Å². The zero-order valence-corrected chi connectivity index (χ0v) is 14.5. The summed E-state index contributed by atoms with van der Waals surface area (Å²) in [5.74, 6) is 0.682. The second-order valence-corrected chi connectivity index (χ2v) is 4.92. The van der Waals surface area contributed by atoms with E-state index in [0.29, 0.717) is 12.0 Å². The lowest BCUT2D eigenvalue weighted by molar-refractivity contribution is 0.234. The molecular weight excluding hydrogens is 305 g/mol. The van der Waals surface area contributed by atoms with Gasteiger partial charge in [-0.15, -0.1) is 43.8 Å². The van der Waals surface area contributed by atoms with Crippen molar-refractivity contribution in [1.82, 2.24) is 15.5 Å². The highest BCUT2D eigenvalue weighted by Gasteiger charge is 2.12. The molecule has 1 rings (SSSR count). The average Bonchev–Trinajstić information content (AvgIpc) is 2.29. The summed E-state index contributed by atoms with van der Waals surface area (Å²) in [5, 5.41) is 7.01. The van der Waals surface area contributed by atoms with Crippen molar-refractivity contribution in [3.05, 3.63) is 12.7 Å². The van der Waals surface area contributed by atoms with Crippen molar-refractivity contribution in [2.24, 2.45) is 5.92 Å². The maximum Gasteiger partial charge on any atom is 0.0125 e. The van der Waals surface area contributed by atoms with Gasteiger partial charge in [-0.1, -0.05) is 19.9 Å². The van der Waals surface area contributed by atoms with E-state index in [9.17, 15) is 0 Å². The lowest BCUT2D eigenvalue weighted by Crippen LogP contribution is -2.47. The summed E-state index contributed by atoms with van der Waals surface area (Å²) >= 11 is 0. The Bertz CT molecular complexity index is 198. The van der Waals surface area contributed by atoms with Crippen LogP contribution in [0.25, 0.3) is 0 Å². The molecule has 0 saturated carbocycles. The van der Waals surface area contributed by atoms with E-state index in [1.54, 1.807) is 0 Å². The summed E-state index contributed by atoms with van der Waals surface area (Å²) in [6.07, 6.45) is 3.09. The first-order valence-electron chi connectivity index (χ1n) is 6.51. The van der Waals surface area contributed by atoms with E-state index >= 15 is 0 Å². The van der Waals surface area contributed by atoms with Crippen molar-refractivity contribution < 1.29 is 0 Å². The fourth-order valence-electron chi connectivity index (χ4n) is 2.11. The van der Waals surface area contributed by atoms with Crippen molar-refractivity contribution in [1.29, 1.82) is 0 Å². The number of nitrogens with zero attached hydrogens (tertiary/aromatic N) is 1. The molecule has 0 radical (unpaired) electrons. The molecule has 118 valence electrons. The molecule has 1 atom stereocenters. The molecule has 1 aliphatic rings. The molecule has 0 aromatic heterocycles. The Kier molecular flexibility index (Phi) is 19.2. The normalized spacial score (nSPS) is 16.8. The topological polar surface area (TPSA) is 27.3 Å². The molecule has 0 aromatic carbocycles. The fraction of sp³-hybridized carbons (Fsp3) is 0.846. The summed E-state index contributed by atoms with van der Waals surface area (Å²) in [7, 11) is 0. The molecule has 6 heteroatoms. The van der Waals surface area contributed by atoms with E-state index in [2.05, 4.69) is 36.0 Å². The predicted octanol–water partition coefficient (Wildman–Crippen LogP) is 2.35. The number of hydrogen-bond acceptors (Lipinski definition) is 3. The molecule has 1 fully saturated rings. The van der Waals surface area contributed by atoms with Gasteiger partial charge < -0.3 is 10.6 Å². The Morgan fingerprint density at radius 1 is 1.21 bits per heavy atom. The van der Waals surface area contributed by atoms with Gasteiger partial charge >= 0.3 is 0 Å². The first-order chi connectivity index (χ1) is 7.74. The lowest BCUT2D eigenvalue weighted by atomic mass is 10.0. The van der Waals surface area contributed by atoms with Crippen LogP contribution in [0.4, 0.5) is 0 Å². The average molecular weight is 335 g/mol. The van der Waals surface area contributed by atoms with Crippen molar-refractivity contribution in [3.63, 3.8) is 0 Å². The third-order valence-corrected chi connectivity index (χ3v) is 3.27. The summed E-state index contributed by atoms with van der Waals surface area (Å²) in [4.78, 5) is 2.52. The minimum absolute atomic E-state index is 0. The number of hydrogen-bond donors (Lipinski definition) is 2. The van der Waals surface area contributed by atoms with Crippen LogP contribution in [0.1, 0.15) is 20.3 Å². The second kappa shape index (κ2) is 14.9. The lowest BCUT2D eigenvalue weighted by Gasteiger charge is -2.28. The summed E-state index contributed by atoms with van der Waals surface area (Å²) < 4.78 is 0. The van der Waals surface area contributed by atoms with Gasteiger partial charge in [0.25, 0.3) is 0 Å². The summed E-state index contributed by atoms with van der Waals surface area (Å²) in [6, 6.07) is 0.584. The van der Waals surface area contributed by atoms with Crippen LogP contribution < -0.4 is 10.6 Å². The standard InChI is InChI=1S/C13H27N3.3ClH/c1-4-5-13(12(2)3)15-8-11-16-9-6-14-7-10-16;;;/h4,12-15H,1,5-11H2,2-3H3;3*1H. The minimum atomic E-state index is 0. The minimum Gasteiger partial charge on any atom is -0.314 e. The Balaban J connectivity index is -0.000000853. The van der Waals surface area contributed by atoms with E-state index in [4.69, 9.17) is 0 Å². The maximum absolute atomic E-state index is 3.82. The van der Waals surface area contributed by atoms with Gasteiger partial charge in [0.2, 0.25) is 0 Å². The van der Waals surface area contributed by atoms with Gasteiger partial charge in [0.1, 0.15) is 0 Å². The summed E-state index contributed by atoms with van der Waals surface area (Å²) in [6.45, 7) is 15.3. The first-order valence-corrected chi connectivity index (χ1v) is 6.51. The Morgan fingerprint density at radius 3 is 2.26 bits per heavy atom. The van der Waals surface area contributed by atoms with Gasteiger partial charge in [-0.2, -0.15) is 0 Å². The highest BCUT2D eigenvalue weighted by molar-refractivity contribution is 5.86. The smallest absolute Gasteiger partial charge is 0.0125 e.